The highest BCUT2D eigenvalue weighted by Crippen LogP contribution is 2.38. The fourth-order valence-electron chi connectivity index (χ4n) is 4.90. The Morgan fingerprint density at radius 2 is 1.98 bits per heavy atom. The molecule has 0 radical (unpaired) electrons. The highest BCUT2D eigenvalue weighted by atomic mass is 32.1. The zero-order valence-electron chi connectivity index (χ0n) is 22.2. The number of carbonyl (C=O) groups is 1. The maximum Gasteiger partial charge on any atom is 0.338 e. The first-order valence-corrected chi connectivity index (χ1v) is 13.5. The first-order chi connectivity index (χ1) is 19.7. The summed E-state index contributed by atoms with van der Waals surface area (Å²) in [4.78, 5) is 43.1. The van der Waals surface area contributed by atoms with Crippen LogP contribution in [0.4, 0.5) is 5.69 Å². The van der Waals surface area contributed by atoms with Gasteiger partial charge in [0.1, 0.15) is 11.5 Å². The molecule has 12 heteroatoms. The molecule has 11 nitrogen and oxygen atoms in total. The SMILES string of the molecule is CCOC(=O)C1=C(C)N=c2s/c(=C\c3ccc(-c4ccc(C)cc4[N+](=O)[O-])o3)c(=O)n2C1c1ccc2c(c1)OCO2. The van der Waals surface area contributed by atoms with Crippen LogP contribution in [-0.2, 0) is 9.53 Å². The van der Waals surface area contributed by atoms with Gasteiger partial charge in [-0.05, 0) is 62.2 Å². The van der Waals surface area contributed by atoms with E-state index in [0.717, 1.165) is 16.9 Å². The number of furan rings is 1. The van der Waals surface area contributed by atoms with Crippen molar-refractivity contribution in [1.29, 1.82) is 0 Å². The monoisotopic (exact) mass is 573 g/mol. The molecule has 1 atom stereocenters. The van der Waals surface area contributed by atoms with E-state index >= 15 is 0 Å². The molecule has 0 spiro atoms. The second-order valence-electron chi connectivity index (χ2n) is 9.39. The van der Waals surface area contributed by atoms with Gasteiger partial charge in [0.15, 0.2) is 16.3 Å². The summed E-state index contributed by atoms with van der Waals surface area (Å²) in [5.74, 6) is 1.15. The van der Waals surface area contributed by atoms with Crippen LogP contribution in [0.25, 0.3) is 17.4 Å². The number of aryl methyl sites for hydroxylation is 1. The highest BCUT2D eigenvalue weighted by molar-refractivity contribution is 7.07. The molecule has 2 aliphatic rings. The average molecular weight is 574 g/mol. The molecule has 2 aromatic carbocycles. The number of nitro benzene ring substituents is 1. The van der Waals surface area contributed by atoms with Crippen molar-refractivity contribution < 1.29 is 28.3 Å². The number of benzene rings is 2. The Morgan fingerprint density at radius 3 is 2.76 bits per heavy atom. The third-order valence-electron chi connectivity index (χ3n) is 6.74. The van der Waals surface area contributed by atoms with Gasteiger partial charge in [-0.25, -0.2) is 9.79 Å². The van der Waals surface area contributed by atoms with Crippen molar-refractivity contribution >= 4 is 29.1 Å². The predicted octanol–water partition coefficient (Wildman–Crippen LogP) is 4.00. The number of fused-ring (bicyclic) bond motifs is 2. The standard InChI is InChI=1S/C29H23N3O8S/c1-4-37-28(34)25-16(3)30-29-31(26(25)17-6-9-22-23(12-17)39-14-38-22)27(33)24(41-29)13-18-7-10-21(40-18)19-8-5-15(2)11-20(19)32(35)36/h5-13,26H,4,14H2,1-3H3/b24-13-. The van der Waals surface area contributed by atoms with Crippen LogP contribution in [0.1, 0.15) is 36.8 Å². The number of rotatable bonds is 6. The molecule has 2 aromatic heterocycles. The zero-order chi connectivity index (χ0) is 28.8. The Bertz CT molecular complexity index is 1950. The summed E-state index contributed by atoms with van der Waals surface area (Å²) in [5, 5.41) is 11.6. The minimum absolute atomic E-state index is 0.0732. The number of allylic oxidation sites excluding steroid dienone is 1. The summed E-state index contributed by atoms with van der Waals surface area (Å²) in [5.41, 5.74) is 1.94. The van der Waals surface area contributed by atoms with Gasteiger partial charge in [0.2, 0.25) is 6.79 Å². The van der Waals surface area contributed by atoms with Gasteiger partial charge >= 0.3 is 5.97 Å². The minimum Gasteiger partial charge on any atom is -0.463 e. The maximum atomic E-state index is 13.8. The van der Waals surface area contributed by atoms with E-state index < -0.39 is 16.9 Å². The quantitative estimate of drug-likeness (QED) is 0.192. The number of aromatic nitrogens is 1. The van der Waals surface area contributed by atoms with Gasteiger partial charge in [-0.3, -0.25) is 19.5 Å². The van der Waals surface area contributed by atoms with Crippen LogP contribution in [0.5, 0.6) is 11.5 Å². The highest BCUT2D eigenvalue weighted by Gasteiger charge is 2.34. The van der Waals surface area contributed by atoms with Crippen molar-refractivity contribution in [2.24, 2.45) is 4.99 Å². The molecule has 0 amide bonds. The van der Waals surface area contributed by atoms with Gasteiger partial charge < -0.3 is 18.6 Å². The van der Waals surface area contributed by atoms with E-state index in [2.05, 4.69) is 4.99 Å². The van der Waals surface area contributed by atoms with Gasteiger partial charge in [-0.1, -0.05) is 23.5 Å². The lowest BCUT2D eigenvalue weighted by molar-refractivity contribution is -0.384. The zero-order valence-corrected chi connectivity index (χ0v) is 23.0. The van der Waals surface area contributed by atoms with Crippen LogP contribution in [0, 0.1) is 17.0 Å². The second-order valence-corrected chi connectivity index (χ2v) is 10.4. The van der Waals surface area contributed by atoms with Crippen molar-refractivity contribution in [3.8, 4) is 22.8 Å². The third-order valence-corrected chi connectivity index (χ3v) is 7.73. The lowest BCUT2D eigenvalue weighted by Gasteiger charge is -2.24. The molecule has 0 bridgehead atoms. The Morgan fingerprint density at radius 1 is 1.17 bits per heavy atom. The van der Waals surface area contributed by atoms with Crippen LogP contribution < -0.4 is 24.4 Å². The van der Waals surface area contributed by atoms with Crippen molar-refractivity contribution in [1.82, 2.24) is 4.57 Å². The normalized spacial score (nSPS) is 16.0. The Balaban J connectivity index is 1.47. The fraction of sp³-hybridized carbons (Fsp3) is 0.207. The van der Waals surface area contributed by atoms with Crippen LogP contribution >= 0.6 is 11.3 Å². The molecular weight excluding hydrogens is 550 g/mol. The molecule has 0 N–H and O–H groups in total. The van der Waals surface area contributed by atoms with Gasteiger partial charge in [0.25, 0.3) is 11.2 Å². The Kier molecular flexibility index (Phi) is 6.54. The Hall–Kier alpha value is -4.97. The van der Waals surface area contributed by atoms with Crippen molar-refractivity contribution in [2.45, 2.75) is 26.8 Å². The number of hydrogen-bond acceptors (Lipinski definition) is 10. The summed E-state index contributed by atoms with van der Waals surface area (Å²) >= 11 is 1.14. The lowest BCUT2D eigenvalue weighted by atomic mass is 9.95. The van der Waals surface area contributed by atoms with Crippen molar-refractivity contribution in [2.75, 3.05) is 13.4 Å². The first kappa shape index (κ1) is 26.3. The van der Waals surface area contributed by atoms with Gasteiger partial charge in [0.05, 0.1) is 38.9 Å². The molecule has 0 saturated heterocycles. The molecule has 0 aliphatic carbocycles. The van der Waals surface area contributed by atoms with E-state index in [1.54, 1.807) is 69.3 Å². The summed E-state index contributed by atoms with van der Waals surface area (Å²) in [6.07, 6.45) is 1.56. The molecule has 4 aromatic rings. The lowest BCUT2D eigenvalue weighted by Crippen LogP contribution is -2.39. The minimum atomic E-state index is -0.815. The van der Waals surface area contributed by atoms with E-state index in [1.165, 1.54) is 10.6 Å². The van der Waals surface area contributed by atoms with Crippen LogP contribution in [0.2, 0.25) is 0 Å². The molecular formula is C29H23N3O8S. The molecule has 41 heavy (non-hydrogen) atoms. The predicted molar refractivity (Wildman–Crippen MR) is 148 cm³/mol. The fourth-order valence-corrected chi connectivity index (χ4v) is 5.92. The second kappa shape index (κ2) is 10.2. The Labute approximate surface area is 236 Å². The molecule has 0 saturated carbocycles. The van der Waals surface area contributed by atoms with E-state index in [0.29, 0.717) is 49.2 Å². The van der Waals surface area contributed by atoms with Crippen molar-refractivity contribution in [3.05, 3.63) is 106 Å². The molecule has 2 aliphatic heterocycles. The first-order valence-electron chi connectivity index (χ1n) is 12.7. The van der Waals surface area contributed by atoms with E-state index in [-0.39, 0.29) is 30.2 Å². The van der Waals surface area contributed by atoms with Gasteiger partial charge in [-0.15, -0.1) is 0 Å². The van der Waals surface area contributed by atoms with Gasteiger partial charge in [-0.2, -0.15) is 0 Å². The topological polar surface area (TPSA) is 135 Å². The number of nitro groups is 1. The summed E-state index contributed by atoms with van der Waals surface area (Å²) in [7, 11) is 0. The summed E-state index contributed by atoms with van der Waals surface area (Å²) < 4.78 is 24.0. The summed E-state index contributed by atoms with van der Waals surface area (Å²) in [6, 6.07) is 12.6. The largest absolute Gasteiger partial charge is 0.463 e. The smallest absolute Gasteiger partial charge is 0.338 e. The number of carbonyl (C=O) groups excluding carboxylic acids is 1. The van der Waals surface area contributed by atoms with E-state index in [9.17, 15) is 19.7 Å². The van der Waals surface area contributed by atoms with Crippen LogP contribution in [0.3, 0.4) is 0 Å². The number of nitrogens with zero attached hydrogens (tertiary/aromatic N) is 3. The molecule has 0 fully saturated rings. The maximum absolute atomic E-state index is 13.8. The number of esters is 1. The van der Waals surface area contributed by atoms with E-state index in [1.807, 2.05) is 0 Å². The third kappa shape index (κ3) is 4.61. The van der Waals surface area contributed by atoms with Crippen LogP contribution in [0.15, 0.2) is 74.0 Å². The number of ether oxygens (including phenoxy) is 3. The summed E-state index contributed by atoms with van der Waals surface area (Å²) in [6.45, 7) is 5.43. The number of hydrogen-bond donors (Lipinski definition) is 0. The van der Waals surface area contributed by atoms with Gasteiger partial charge in [0, 0.05) is 12.1 Å². The average Bonchev–Trinajstić information content (AvgIpc) is 3.67. The number of thiazole rings is 1. The molecule has 208 valence electrons. The van der Waals surface area contributed by atoms with E-state index in [4.69, 9.17) is 18.6 Å². The molecule has 4 heterocycles. The molecule has 6 rings (SSSR count). The van der Waals surface area contributed by atoms with Crippen LogP contribution in [-0.4, -0.2) is 28.9 Å². The van der Waals surface area contributed by atoms with Crippen molar-refractivity contribution in [3.63, 3.8) is 0 Å². The molecule has 1 unspecified atom stereocenters.